The Morgan fingerprint density at radius 3 is 2.58 bits per heavy atom. The van der Waals surface area contributed by atoms with Gasteiger partial charge >= 0.3 is 0 Å². The van der Waals surface area contributed by atoms with Crippen molar-refractivity contribution in [2.75, 3.05) is 6.26 Å². The summed E-state index contributed by atoms with van der Waals surface area (Å²) < 4.78 is 21.9. The minimum Gasteiger partial charge on any atom is -0.364 e. The van der Waals surface area contributed by atoms with Crippen molar-refractivity contribution >= 4 is 15.7 Å². The van der Waals surface area contributed by atoms with Crippen molar-refractivity contribution < 1.29 is 13.2 Å². The van der Waals surface area contributed by atoms with Crippen molar-refractivity contribution in [1.82, 2.24) is 10.2 Å². The minimum atomic E-state index is -3.43. The second kappa shape index (κ2) is 2.59. The van der Waals surface area contributed by atoms with Crippen molar-refractivity contribution in [2.45, 2.75) is 4.90 Å². The molecule has 1 amide bonds. The number of nitrogens with two attached hydrogens (primary N) is 1. The molecule has 1 rings (SSSR count). The lowest BCUT2D eigenvalue weighted by molar-refractivity contribution is 0.0992. The summed E-state index contributed by atoms with van der Waals surface area (Å²) in [4.78, 5) is 10.4. The minimum absolute atomic E-state index is 0.171. The number of rotatable bonds is 2. The molecule has 0 aromatic carbocycles. The first-order valence-corrected chi connectivity index (χ1v) is 4.85. The van der Waals surface area contributed by atoms with Crippen LogP contribution in [0.5, 0.6) is 0 Å². The lowest BCUT2D eigenvalue weighted by atomic mass is 10.4. The normalized spacial score (nSPS) is 11.4. The molecule has 1 aromatic heterocycles. The highest BCUT2D eigenvalue weighted by Gasteiger charge is 2.18. The highest BCUT2D eigenvalue weighted by molar-refractivity contribution is 7.90. The van der Waals surface area contributed by atoms with Crippen LogP contribution in [-0.4, -0.2) is 30.8 Å². The van der Waals surface area contributed by atoms with Gasteiger partial charge in [0.1, 0.15) is 10.6 Å². The standard InChI is InChI=1S/C5H7N3O3S/c1-12(10,11)3-2-7-8-4(3)5(6)9/h2H,1H3,(H2,6,9)(H,7,8). The van der Waals surface area contributed by atoms with E-state index in [0.717, 1.165) is 12.5 Å². The number of sulfone groups is 1. The summed E-state index contributed by atoms with van der Waals surface area (Å²) in [6.45, 7) is 0. The highest BCUT2D eigenvalue weighted by Crippen LogP contribution is 2.10. The molecule has 0 aliphatic heterocycles. The number of carbonyl (C=O) groups excluding carboxylic acids is 1. The van der Waals surface area contributed by atoms with Crippen LogP contribution in [0.2, 0.25) is 0 Å². The number of aromatic amines is 1. The number of primary amides is 1. The van der Waals surface area contributed by atoms with Crippen molar-refractivity contribution in [1.29, 1.82) is 0 Å². The fourth-order valence-corrected chi connectivity index (χ4v) is 1.49. The van der Waals surface area contributed by atoms with Crippen LogP contribution in [0.3, 0.4) is 0 Å². The Bertz CT molecular complexity index is 405. The Morgan fingerprint density at radius 2 is 2.25 bits per heavy atom. The lowest BCUT2D eigenvalue weighted by Gasteiger charge is -1.94. The molecule has 0 atom stereocenters. The van der Waals surface area contributed by atoms with Crippen LogP contribution < -0.4 is 5.73 Å². The predicted molar refractivity (Wildman–Crippen MR) is 40.2 cm³/mol. The van der Waals surface area contributed by atoms with Gasteiger partial charge in [-0.1, -0.05) is 0 Å². The van der Waals surface area contributed by atoms with Gasteiger partial charge in [-0.05, 0) is 0 Å². The third-order valence-electron chi connectivity index (χ3n) is 1.25. The summed E-state index contributed by atoms with van der Waals surface area (Å²) >= 11 is 0. The molecule has 66 valence electrons. The molecule has 0 saturated heterocycles. The van der Waals surface area contributed by atoms with E-state index in [9.17, 15) is 13.2 Å². The Balaban J connectivity index is 3.36. The molecule has 0 aliphatic carbocycles. The van der Waals surface area contributed by atoms with Gasteiger partial charge in [0.05, 0.1) is 6.20 Å². The second-order valence-electron chi connectivity index (χ2n) is 2.25. The Morgan fingerprint density at radius 1 is 1.67 bits per heavy atom. The highest BCUT2D eigenvalue weighted by atomic mass is 32.2. The summed E-state index contributed by atoms with van der Waals surface area (Å²) in [7, 11) is -3.43. The van der Waals surface area contributed by atoms with E-state index in [1.165, 1.54) is 0 Å². The van der Waals surface area contributed by atoms with Gasteiger partial charge in [0, 0.05) is 6.26 Å². The van der Waals surface area contributed by atoms with Crippen LogP contribution in [0, 0.1) is 0 Å². The fourth-order valence-electron chi connectivity index (χ4n) is 0.733. The molecule has 0 bridgehead atoms. The molecule has 0 aliphatic rings. The molecule has 0 spiro atoms. The van der Waals surface area contributed by atoms with Crippen LogP contribution in [-0.2, 0) is 9.84 Å². The molecule has 3 N–H and O–H groups in total. The van der Waals surface area contributed by atoms with Gasteiger partial charge < -0.3 is 5.73 Å². The number of aromatic nitrogens is 2. The first-order valence-electron chi connectivity index (χ1n) is 2.96. The van der Waals surface area contributed by atoms with Crippen molar-refractivity contribution in [3.8, 4) is 0 Å². The molecule has 1 heterocycles. The van der Waals surface area contributed by atoms with E-state index in [1.54, 1.807) is 0 Å². The molecule has 7 heteroatoms. The average molecular weight is 189 g/mol. The van der Waals surface area contributed by atoms with E-state index in [-0.39, 0.29) is 10.6 Å². The third kappa shape index (κ3) is 1.45. The average Bonchev–Trinajstić information content (AvgIpc) is 2.30. The van der Waals surface area contributed by atoms with Gasteiger partial charge in [0.15, 0.2) is 9.84 Å². The Labute approximate surface area is 68.7 Å². The molecular weight excluding hydrogens is 182 g/mol. The van der Waals surface area contributed by atoms with E-state index in [2.05, 4.69) is 10.2 Å². The van der Waals surface area contributed by atoms with E-state index in [1.807, 2.05) is 0 Å². The van der Waals surface area contributed by atoms with Crippen LogP contribution >= 0.6 is 0 Å². The first kappa shape index (κ1) is 8.72. The number of hydrogen-bond acceptors (Lipinski definition) is 4. The van der Waals surface area contributed by atoms with E-state index >= 15 is 0 Å². The number of amides is 1. The quantitative estimate of drug-likeness (QED) is 0.616. The van der Waals surface area contributed by atoms with Gasteiger partial charge in [-0.15, -0.1) is 0 Å². The van der Waals surface area contributed by atoms with Crippen molar-refractivity contribution in [2.24, 2.45) is 5.73 Å². The van der Waals surface area contributed by atoms with E-state index in [4.69, 9.17) is 5.73 Å². The SMILES string of the molecule is CS(=O)(=O)c1cn[nH]c1C(N)=O. The van der Waals surface area contributed by atoms with Crippen LogP contribution in [0.1, 0.15) is 10.5 Å². The molecule has 0 unspecified atom stereocenters. The number of nitrogens with one attached hydrogen (secondary N) is 1. The Hall–Kier alpha value is -1.37. The fraction of sp³-hybridized carbons (Fsp3) is 0.200. The zero-order chi connectivity index (χ0) is 9.35. The van der Waals surface area contributed by atoms with Crippen LogP contribution in [0.25, 0.3) is 0 Å². The van der Waals surface area contributed by atoms with E-state index in [0.29, 0.717) is 0 Å². The molecular formula is C5H7N3O3S. The predicted octanol–water partition coefficient (Wildman–Crippen LogP) is -1.09. The molecule has 0 radical (unpaired) electrons. The smallest absolute Gasteiger partial charge is 0.268 e. The second-order valence-corrected chi connectivity index (χ2v) is 4.23. The third-order valence-corrected chi connectivity index (χ3v) is 2.36. The van der Waals surface area contributed by atoms with Gasteiger partial charge in [-0.2, -0.15) is 5.10 Å². The zero-order valence-corrected chi connectivity index (χ0v) is 7.05. The monoisotopic (exact) mass is 189 g/mol. The van der Waals surface area contributed by atoms with Crippen molar-refractivity contribution in [3.63, 3.8) is 0 Å². The summed E-state index contributed by atoms with van der Waals surface area (Å²) in [6, 6.07) is 0. The topological polar surface area (TPSA) is 106 Å². The van der Waals surface area contributed by atoms with Gasteiger partial charge in [-0.3, -0.25) is 9.89 Å². The maximum Gasteiger partial charge on any atom is 0.268 e. The van der Waals surface area contributed by atoms with E-state index < -0.39 is 15.7 Å². The van der Waals surface area contributed by atoms with Crippen LogP contribution in [0.15, 0.2) is 11.1 Å². The van der Waals surface area contributed by atoms with Crippen LogP contribution in [0.4, 0.5) is 0 Å². The molecule has 6 nitrogen and oxygen atoms in total. The van der Waals surface area contributed by atoms with Gasteiger partial charge in [0.2, 0.25) is 0 Å². The maximum atomic E-state index is 11.0. The maximum absolute atomic E-state index is 11.0. The number of nitrogens with zero attached hydrogens (tertiary/aromatic N) is 1. The number of carbonyl (C=O) groups is 1. The largest absolute Gasteiger partial charge is 0.364 e. The Kier molecular flexibility index (Phi) is 1.89. The van der Waals surface area contributed by atoms with Crippen molar-refractivity contribution in [3.05, 3.63) is 11.9 Å². The summed E-state index contributed by atoms with van der Waals surface area (Å²) in [5.74, 6) is -0.840. The molecule has 1 aromatic rings. The summed E-state index contributed by atoms with van der Waals surface area (Å²) in [6.07, 6.45) is 2.03. The number of H-pyrrole nitrogens is 1. The lowest BCUT2D eigenvalue weighted by Crippen LogP contribution is -2.15. The number of hydrogen-bond donors (Lipinski definition) is 2. The van der Waals surface area contributed by atoms with Gasteiger partial charge in [0.25, 0.3) is 5.91 Å². The molecule has 12 heavy (non-hydrogen) atoms. The summed E-state index contributed by atoms with van der Waals surface area (Å²) in [5, 5.41) is 5.61. The summed E-state index contributed by atoms with van der Waals surface area (Å²) in [5.41, 5.74) is 4.70. The first-order chi connectivity index (χ1) is 5.43. The van der Waals surface area contributed by atoms with Gasteiger partial charge in [-0.25, -0.2) is 8.42 Å². The molecule has 0 saturated carbocycles. The molecule has 0 fully saturated rings. The zero-order valence-electron chi connectivity index (χ0n) is 6.23.